The van der Waals surface area contributed by atoms with Gasteiger partial charge in [0.05, 0.1) is 13.2 Å². The minimum atomic E-state index is -2.27. The van der Waals surface area contributed by atoms with Crippen LogP contribution in [0.1, 0.15) is 29.5 Å². The molecule has 0 aromatic heterocycles. The molecule has 2 aliphatic rings. The summed E-state index contributed by atoms with van der Waals surface area (Å²) in [4.78, 5) is 26.1. The molecule has 1 heterocycles. The lowest BCUT2D eigenvalue weighted by Gasteiger charge is -2.45. The van der Waals surface area contributed by atoms with E-state index in [1.807, 2.05) is 78.9 Å². The molecule has 1 aliphatic heterocycles. The number of halogens is 3. The lowest BCUT2D eigenvalue weighted by Crippen LogP contribution is -2.68. The average molecular weight is 752 g/mol. The first-order valence-electron chi connectivity index (χ1n) is 15.6. The molecule has 1 aliphatic carbocycles. The summed E-state index contributed by atoms with van der Waals surface area (Å²) in [6, 6.07) is 23.9. The minimum absolute atomic E-state index is 0.0490. The molecule has 1 saturated heterocycles. The molecule has 15 heteroatoms. The summed E-state index contributed by atoms with van der Waals surface area (Å²) in [5.74, 6) is -1.75. The first-order chi connectivity index (χ1) is 24.0. The van der Waals surface area contributed by atoms with Gasteiger partial charge in [-0.2, -0.15) is 0 Å². The second-order valence-corrected chi connectivity index (χ2v) is 13.7. The zero-order valence-corrected chi connectivity index (χ0v) is 29.7. The van der Waals surface area contributed by atoms with Crippen LogP contribution in [0.2, 0.25) is 0 Å². The monoisotopic (exact) mass is 750 g/mol. The third kappa shape index (κ3) is 9.25. The van der Waals surface area contributed by atoms with Crippen molar-refractivity contribution in [2.45, 2.75) is 60.3 Å². The Labute approximate surface area is 304 Å². The first kappa shape index (κ1) is 37.8. The van der Waals surface area contributed by atoms with E-state index in [-0.39, 0.29) is 25.7 Å². The topological polar surface area (TPSA) is 144 Å². The summed E-state index contributed by atoms with van der Waals surface area (Å²) in [7, 11) is 2.71. The second-order valence-electron chi connectivity index (χ2n) is 11.4. The molecule has 0 bridgehead atoms. The molecule has 2 N–H and O–H groups in total. The highest BCUT2D eigenvalue weighted by Gasteiger charge is 2.53. The van der Waals surface area contributed by atoms with Crippen LogP contribution in [0, 0.1) is 5.41 Å². The Bertz CT molecular complexity index is 1580. The number of fused-ring (bicyclic) bond motifs is 3. The van der Waals surface area contributed by atoms with Crippen LogP contribution in [0.25, 0.3) is 11.1 Å². The first-order valence-corrected chi connectivity index (χ1v) is 16.7. The molecule has 0 spiro atoms. The molecule has 0 saturated carbocycles. The van der Waals surface area contributed by atoms with Gasteiger partial charge in [0, 0.05) is 27.1 Å². The van der Waals surface area contributed by atoms with Gasteiger partial charge in [-0.15, -0.1) is 0 Å². The quantitative estimate of drug-likeness (QED) is 0.0689. The average Bonchev–Trinajstić information content (AvgIpc) is 3.42. The molecule has 50 heavy (non-hydrogen) atoms. The number of alkyl halides is 3. The van der Waals surface area contributed by atoms with Crippen molar-refractivity contribution in [1.82, 2.24) is 5.32 Å². The number of benzene rings is 3. The van der Waals surface area contributed by atoms with Crippen LogP contribution in [-0.2, 0) is 49.3 Å². The van der Waals surface area contributed by atoms with Crippen LogP contribution in [0.3, 0.4) is 0 Å². The smallest absolute Gasteiger partial charge is 0.456 e. The van der Waals surface area contributed by atoms with Crippen molar-refractivity contribution in [2.75, 3.05) is 27.4 Å². The lowest BCUT2D eigenvalue weighted by atomic mass is 9.96. The number of nitrogens with one attached hydrogen (secondary N) is 2. The zero-order chi connectivity index (χ0) is 35.8. The summed E-state index contributed by atoms with van der Waals surface area (Å²) >= 11 is 17.8. The maximum absolute atomic E-state index is 13.6. The molecular formula is C35H37Cl3N2O10. The maximum Gasteiger partial charge on any atom is 0.508 e. The van der Waals surface area contributed by atoms with Crippen molar-refractivity contribution < 1.29 is 47.5 Å². The van der Waals surface area contributed by atoms with Gasteiger partial charge in [-0.3, -0.25) is 15.5 Å². The summed E-state index contributed by atoms with van der Waals surface area (Å²) in [6.45, 7) is 1.16. The molecule has 5 atom stereocenters. The molecule has 3 aromatic carbocycles. The highest BCUT2D eigenvalue weighted by Crippen LogP contribution is 2.44. The van der Waals surface area contributed by atoms with Crippen molar-refractivity contribution in [3.63, 3.8) is 0 Å². The fourth-order valence-electron chi connectivity index (χ4n) is 5.96. The molecule has 12 nitrogen and oxygen atoms in total. The summed E-state index contributed by atoms with van der Waals surface area (Å²) < 4.78 is 43.6. The third-order valence-electron chi connectivity index (χ3n) is 8.15. The van der Waals surface area contributed by atoms with Gasteiger partial charge in [0.1, 0.15) is 18.8 Å². The van der Waals surface area contributed by atoms with Gasteiger partial charge in [0.15, 0.2) is 12.2 Å². The fraction of sp³-hybridized carbons (Fsp3) is 0.400. The number of hydrogen-bond acceptors (Lipinski definition) is 12. The highest BCUT2D eigenvalue weighted by atomic mass is 35.6. The van der Waals surface area contributed by atoms with Crippen LogP contribution in [0.5, 0.6) is 0 Å². The van der Waals surface area contributed by atoms with Crippen molar-refractivity contribution in [2.24, 2.45) is 0 Å². The van der Waals surface area contributed by atoms with Gasteiger partial charge < -0.3 is 37.9 Å². The Morgan fingerprint density at radius 1 is 0.840 bits per heavy atom. The minimum Gasteiger partial charge on any atom is -0.456 e. The zero-order valence-electron chi connectivity index (χ0n) is 27.4. The van der Waals surface area contributed by atoms with Gasteiger partial charge in [-0.05, 0) is 27.8 Å². The summed E-state index contributed by atoms with van der Waals surface area (Å²) in [5.41, 5.74) is 4.97. The number of methoxy groups -OCH3 is 2. The van der Waals surface area contributed by atoms with E-state index in [1.165, 1.54) is 21.1 Å². The predicted molar refractivity (Wildman–Crippen MR) is 184 cm³/mol. The SMILES string of the molecule is COC(N[C@H]1[C@H](OC(=N)C(Cl)(Cl)Cl)O[C@H](COCc2ccccc2)[C@@H](OC(C)=O)[C@@H]1OC(=O)OCC1c2ccccc2-c2ccccc21)OC. The van der Waals surface area contributed by atoms with E-state index in [1.54, 1.807) is 0 Å². The van der Waals surface area contributed by atoms with E-state index in [4.69, 9.17) is 78.1 Å². The number of esters is 1. The Kier molecular flexibility index (Phi) is 13.0. The van der Waals surface area contributed by atoms with Crippen molar-refractivity contribution in [1.29, 1.82) is 5.41 Å². The van der Waals surface area contributed by atoms with Crippen molar-refractivity contribution >= 4 is 52.8 Å². The normalized spacial score (nSPS) is 21.6. The van der Waals surface area contributed by atoms with Crippen LogP contribution in [-0.4, -0.2) is 86.3 Å². The number of carbonyl (C=O) groups excluding carboxylic acids is 2. The van der Waals surface area contributed by atoms with Gasteiger partial charge in [0.2, 0.25) is 18.6 Å². The van der Waals surface area contributed by atoms with Crippen LogP contribution < -0.4 is 5.32 Å². The largest absolute Gasteiger partial charge is 0.508 e. The van der Waals surface area contributed by atoms with Crippen LogP contribution in [0.15, 0.2) is 78.9 Å². The second kappa shape index (κ2) is 17.2. The van der Waals surface area contributed by atoms with Crippen molar-refractivity contribution in [3.8, 4) is 11.1 Å². The van der Waals surface area contributed by atoms with Gasteiger partial charge in [-0.1, -0.05) is 114 Å². The van der Waals surface area contributed by atoms with E-state index in [9.17, 15) is 9.59 Å². The number of hydrogen-bond donors (Lipinski definition) is 2. The molecule has 0 amide bonds. The van der Waals surface area contributed by atoms with Crippen LogP contribution >= 0.6 is 34.8 Å². The van der Waals surface area contributed by atoms with E-state index in [2.05, 4.69) is 5.32 Å². The molecule has 3 aromatic rings. The maximum atomic E-state index is 13.6. The number of ether oxygens (including phenoxy) is 8. The van der Waals surface area contributed by atoms with Crippen LogP contribution in [0.4, 0.5) is 4.79 Å². The number of carbonyl (C=O) groups is 2. The molecule has 5 rings (SSSR count). The van der Waals surface area contributed by atoms with E-state index in [0.717, 1.165) is 27.8 Å². The standard InChI is InChI=1S/C35H37Cl3N2O10/c1-20(41)47-29-27(19-45-17-21-11-5-4-6-12-21)48-31(50-32(39)35(36,37)38)28(40-33(43-2)44-3)30(29)49-34(42)46-18-26-24-15-9-7-13-22(24)23-14-8-10-16-25(23)26/h4-16,26-31,33,39-40H,17-19H2,1-3H3/t27-,28-,29-,30-,31+/m1/s1. The summed E-state index contributed by atoms with van der Waals surface area (Å²) in [6.07, 6.45) is -7.47. The third-order valence-corrected chi connectivity index (χ3v) is 8.67. The number of rotatable bonds is 13. The highest BCUT2D eigenvalue weighted by molar-refractivity contribution is 6.76. The van der Waals surface area contributed by atoms with Gasteiger partial charge >= 0.3 is 12.1 Å². The molecule has 0 unspecified atom stereocenters. The van der Waals surface area contributed by atoms with Crippen molar-refractivity contribution in [3.05, 3.63) is 95.6 Å². The van der Waals surface area contributed by atoms with E-state index < -0.39 is 58.9 Å². The van der Waals surface area contributed by atoms with Gasteiger partial charge in [-0.25, -0.2) is 4.79 Å². The Hall–Kier alpha value is -3.46. The molecule has 0 radical (unpaired) electrons. The van der Waals surface area contributed by atoms with E-state index in [0.29, 0.717) is 0 Å². The van der Waals surface area contributed by atoms with Gasteiger partial charge in [0.25, 0.3) is 3.79 Å². The Morgan fingerprint density at radius 3 is 2.02 bits per heavy atom. The fourth-order valence-corrected chi connectivity index (χ4v) is 6.10. The molecular weight excluding hydrogens is 715 g/mol. The Morgan fingerprint density at radius 2 is 1.44 bits per heavy atom. The summed E-state index contributed by atoms with van der Waals surface area (Å²) in [5, 5.41) is 11.2. The van der Waals surface area contributed by atoms with E-state index >= 15 is 0 Å². The lowest BCUT2D eigenvalue weighted by molar-refractivity contribution is -0.271. The molecule has 1 fully saturated rings. The Balaban J connectivity index is 1.43. The predicted octanol–water partition coefficient (Wildman–Crippen LogP) is 6.09. The molecule has 268 valence electrons.